The van der Waals surface area contributed by atoms with Gasteiger partial charge in [0.25, 0.3) is 0 Å². The molecular weight excluding hydrogens is 264 g/mol. The molecule has 116 valence electrons. The Balaban J connectivity index is 1.60. The van der Waals surface area contributed by atoms with Crippen molar-refractivity contribution in [3.63, 3.8) is 0 Å². The summed E-state index contributed by atoms with van der Waals surface area (Å²) in [6.45, 7) is 5.27. The zero-order valence-electron chi connectivity index (χ0n) is 12.8. The van der Waals surface area contributed by atoms with Crippen LogP contribution in [0.15, 0.2) is 12.4 Å². The Labute approximate surface area is 126 Å². The summed E-state index contributed by atoms with van der Waals surface area (Å²) in [7, 11) is 0. The molecular formula is C16H26N4O. The minimum absolute atomic E-state index is 0.151. The Kier molecular flexibility index (Phi) is 4.58. The molecule has 2 fully saturated rings. The predicted octanol–water partition coefficient (Wildman–Crippen LogP) is 2.29. The summed E-state index contributed by atoms with van der Waals surface area (Å²) < 4.78 is 0. The number of anilines is 2. The van der Waals surface area contributed by atoms with Crippen LogP contribution in [0.4, 0.5) is 11.6 Å². The van der Waals surface area contributed by atoms with E-state index in [9.17, 15) is 5.11 Å². The van der Waals surface area contributed by atoms with Gasteiger partial charge in [0.15, 0.2) is 0 Å². The van der Waals surface area contributed by atoms with Crippen molar-refractivity contribution in [2.45, 2.75) is 45.1 Å². The van der Waals surface area contributed by atoms with Crippen molar-refractivity contribution in [2.24, 2.45) is 11.8 Å². The molecule has 0 aromatic carbocycles. The van der Waals surface area contributed by atoms with Crippen LogP contribution in [0.3, 0.4) is 0 Å². The van der Waals surface area contributed by atoms with Crippen LogP contribution in [0.1, 0.15) is 39.0 Å². The zero-order chi connectivity index (χ0) is 14.7. The van der Waals surface area contributed by atoms with Crippen LogP contribution in [0.25, 0.3) is 0 Å². The molecule has 0 radical (unpaired) electrons. The second kappa shape index (κ2) is 6.60. The van der Waals surface area contributed by atoms with E-state index in [0.29, 0.717) is 5.92 Å². The van der Waals surface area contributed by atoms with Gasteiger partial charge >= 0.3 is 0 Å². The minimum atomic E-state index is -0.151. The summed E-state index contributed by atoms with van der Waals surface area (Å²) in [5.41, 5.74) is 0. The molecule has 3 atom stereocenters. The first-order chi connectivity index (χ1) is 10.2. The first kappa shape index (κ1) is 14.6. The molecule has 5 nitrogen and oxygen atoms in total. The van der Waals surface area contributed by atoms with E-state index in [2.05, 4.69) is 27.1 Å². The number of hydrogen-bond donors (Lipinski definition) is 2. The van der Waals surface area contributed by atoms with E-state index < -0.39 is 0 Å². The molecule has 3 rings (SSSR count). The van der Waals surface area contributed by atoms with Gasteiger partial charge in [-0.3, -0.25) is 0 Å². The highest BCUT2D eigenvalue weighted by Gasteiger charge is 2.25. The van der Waals surface area contributed by atoms with Crippen molar-refractivity contribution >= 4 is 11.6 Å². The second-order valence-corrected chi connectivity index (χ2v) is 6.59. The molecule has 2 N–H and O–H groups in total. The maximum absolute atomic E-state index is 9.87. The van der Waals surface area contributed by atoms with Crippen LogP contribution < -0.4 is 10.2 Å². The van der Waals surface area contributed by atoms with Gasteiger partial charge in [0.05, 0.1) is 6.10 Å². The van der Waals surface area contributed by atoms with Crippen LogP contribution in [-0.4, -0.2) is 40.8 Å². The summed E-state index contributed by atoms with van der Waals surface area (Å²) in [5.74, 6) is 2.99. The van der Waals surface area contributed by atoms with Crippen LogP contribution in [0.5, 0.6) is 0 Å². The Morgan fingerprint density at radius 1 is 1.29 bits per heavy atom. The van der Waals surface area contributed by atoms with Gasteiger partial charge in [-0.2, -0.15) is 0 Å². The standard InChI is InChI=1S/C16H26N4O/c1-12-4-3-7-20(10-12)16-8-15(18-11-19-16)17-9-13-5-2-6-14(13)21/h8,11-14,21H,2-7,9-10H2,1H3,(H,17,18,19). The summed E-state index contributed by atoms with van der Waals surface area (Å²) in [4.78, 5) is 11.1. The van der Waals surface area contributed by atoms with Crippen molar-refractivity contribution in [3.05, 3.63) is 12.4 Å². The van der Waals surface area contributed by atoms with E-state index in [1.54, 1.807) is 6.33 Å². The fourth-order valence-corrected chi connectivity index (χ4v) is 3.51. The van der Waals surface area contributed by atoms with Gasteiger partial charge < -0.3 is 15.3 Å². The topological polar surface area (TPSA) is 61.3 Å². The van der Waals surface area contributed by atoms with Gasteiger partial charge in [0.1, 0.15) is 18.0 Å². The summed E-state index contributed by atoms with van der Waals surface area (Å²) in [5, 5.41) is 13.2. The van der Waals surface area contributed by atoms with E-state index >= 15 is 0 Å². The average Bonchev–Trinajstić information content (AvgIpc) is 2.91. The van der Waals surface area contributed by atoms with Crippen LogP contribution in [0.2, 0.25) is 0 Å². The number of nitrogens with one attached hydrogen (secondary N) is 1. The molecule has 2 heterocycles. The third-order valence-corrected chi connectivity index (χ3v) is 4.80. The Morgan fingerprint density at radius 2 is 2.19 bits per heavy atom. The summed E-state index contributed by atoms with van der Waals surface area (Å²) in [6, 6.07) is 2.04. The van der Waals surface area contributed by atoms with Gasteiger partial charge in [0, 0.05) is 31.6 Å². The van der Waals surface area contributed by atoms with E-state index in [1.807, 2.05) is 6.07 Å². The van der Waals surface area contributed by atoms with Crippen molar-refractivity contribution in [1.82, 2.24) is 9.97 Å². The highest BCUT2D eigenvalue weighted by atomic mass is 16.3. The maximum Gasteiger partial charge on any atom is 0.134 e. The third kappa shape index (κ3) is 3.64. The minimum Gasteiger partial charge on any atom is -0.393 e. The number of hydrogen-bond acceptors (Lipinski definition) is 5. The molecule has 1 aliphatic heterocycles. The second-order valence-electron chi connectivity index (χ2n) is 6.59. The molecule has 0 spiro atoms. The highest BCUT2D eigenvalue weighted by molar-refractivity contribution is 5.48. The number of aromatic nitrogens is 2. The number of piperidine rings is 1. The van der Waals surface area contributed by atoms with Crippen molar-refractivity contribution in [3.8, 4) is 0 Å². The Morgan fingerprint density at radius 3 is 2.95 bits per heavy atom. The molecule has 2 aliphatic rings. The molecule has 1 saturated heterocycles. The van der Waals surface area contributed by atoms with Gasteiger partial charge in [0.2, 0.25) is 0 Å². The first-order valence-corrected chi connectivity index (χ1v) is 8.21. The van der Waals surface area contributed by atoms with E-state index in [-0.39, 0.29) is 6.10 Å². The molecule has 21 heavy (non-hydrogen) atoms. The number of rotatable bonds is 4. The van der Waals surface area contributed by atoms with E-state index in [0.717, 1.165) is 56.5 Å². The number of aliphatic hydroxyl groups excluding tert-OH is 1. The van der Waals surface area contributed by atoms with Gasteiger partial charge in [-0.1, -0.05) is 13.3 Å². The van der Waals surface area contributed by atoms with Crippen LogP contribution in [-0.2, 0) is 0 Å². The summed E-state index contributed by atoms with van der Waals surface area (Å²) in [6.07, 6.45) is 7.22. The van der Waals surface area contributed by atoms with E-state index in [1.165, 1.54) is 12.8 Å². The summed E-state index contributed by atoms with van der Waals surface area (Å²) >= 11 is 0. The Bertz CT molecular complexity index is 467. The lowest BCUT2D eigenvalue weighted by Gasteiger charge is -2.31. The lowest BCUT2D eigenvalue weighted by atomic mass is 10.0. The van der Waals surface area contributed by atoms with Crippen LogP contribution in [0, 0.1) is 11.8 Å². The van der Waals surface area contributed by atoms with Crippen molar-refractivity contribution in [1.29, 1.82) is 0 Å². The highest BCUT2D eigenvalue weighted by Crippen LogP contribution is 2.26. The molecule has 1 saturated carbocycles. The van der Waals surface area contributed by atoms with Crippen molar-refractivity contribution < 1.29 is 5.11 Å². The van der Waals surface area contributed by atoms with Gasteiger partial charge in [-0.15, -0.1) is 0 Å². The molecule has 0 bridgehead atoms. The molecule has 5 heteroatoms. The molecule has 1 aromatic rings. The largest absolute Gasteiger partial charge is 0.393 e. The predicted molar refractivity (Wildman–Crippen MR) is 84.5 cm³/mol. The first-order valence-electron chi connectivity index (χ1n) is 8.21. The fourth-order valence-electron chi connectivity index (χ4n) is 3.51. The average molecular weight is 290 g/mol. The number of nitrogens with zero attached hydrogens (tertiary/aromatic N) is 3. The zero-order valence-corrected chi connectivity index (χ0v) is 12.8. The molecule has 1 aliphatic carbocycles. The van der Waals surface area contributed by atoms with Crippen LogP contribution >= 0.6 is 0 Å². The smallest absolute Gasteiger partial charge is 0.134 e. The number of aliphatic hydroxyl groups is 1. The fraction of sp³-hybridized carbons (Fsp3) is 0.750. The Hall–Kier alpha value is -1.36. The third-order valence-electron chi connectivity index (χ3n) is 4.80. The van der Waals surface area contributed by atoms with E-state index in [4.69, 9.17) is 0 Å². The lowest BCUT2D eigenvalue weighted by molar-refractivity contribution is 0.138. The maximum atomic E-state index is 9.87. The van der Waals surface area contributed by atoms with Gasteiger partial charge in [-0.25, -0.2) is 9.97 Å². The SMILES string of the molecule is CC1CCCN(c2cc(NCC3CCCC3O)ncn2)C1. The molecule has 0 amide bonds. The monoisotopic (exact) mass is 290 g/mol. The molecule has 3 unspecified atom stereocenters. The quantitative estimate of drug-likeness (QED) is 0.891. The van der Waals surface area contributed by atoms with Crippen molar-refractivity contribution in [2.75, 3.05) is 29.9 Å². The lowest BCUT2D eigenvalue weighted by Crippen LogP contribution is -2.34. The normalized spacial score (nSPS) is 29.6. The van der Waals surface area contributed by atoms with Gasteiger partial charge in [-0.05, 0) is 31.6 Å². The molecule has 1 aromatic heterocycles.